The Morgan fingerprint density at radius 2 is 2.04 bits per heavy atom. The number of fused-ring (bicyclic) bond motifs is 1. The molecule has 7 heteroatoms. The van der Waals surface area contributed by atoms with Gasteiger partial charge in [0.1, 0.15) is 0 Å². The topological polar surface area (TPSA) is 81.2 Å². The number of hydrogen-bond acceptors (Lipinski definition) is 5. The lowest BCUT2D eigenvalue weighted by Crippen LogP contribution is -2.40. The minimum atomic E-state index is -0.0346. The van der Waals surface area contributed by atoms with Crippen LogP contribution in [0.5, 0.6) is 0 Å². The summed E-state index contributed by atoms with van der Waals surface area (Å²) in [6.07, 6.45) is 8.86. The highest BCUT2D eigenvalue weighted by molar-refractivity contribution is 5.93. The Labute approximate surface area is 145 Å². The molecule has 1 aliphatic carbocycles. The van der Waals surface area contributed by atoms with Crippen LogP contribution in [0.25, 0.3) is 0 Å². The zero-order valence-corrected chi connectivity index (χ0v) is 14.2. The Kier molecular flexibility index (Phi) is 4.38. The van der Waals surface area contributed by atoms with Gasteiger partial charge in [-0.05, 0) is 44.4 Å². The summed E-state index contributed by atoms with van der Waals surface area (Å²) in [6, 6.07) is 1.48. The molecule has 1 fully saturated rings. The van der Waals surface area contributed by atoms with Crippen molar-refractivity contribution in [3.63, 3.8) is 0 Å². The van der Waals surface area contributed by atoms with E-state index in [9.17, 15) is 9.59 Å². The fraction of sp³-hybridized carbons (Fsp3) is 0.556. The van der Waals surface area contributed by atoms with E-state index in [1.54, 1.807) is 10.9 Å². The van der Waals surface area contributed by atoms with Crippen molar-refractivity contribution in [1.82, 2.24) is 19.6 Å². The van der Waals surface area contributed by atoms with E-state index in [1.807, 2.05) is 4.90 Å². The maximum atomic E-state index is 12.8. The Morgan fingerprint density at radius 1 is 1.24 bits per heavy atom. The van der Waals surface area contributed by atoms with Crippen molar-refractivity contribution in [2.24, 2.45) is 5.92 Å². The lowest BCUT2D eigenvalue weighted by Gasteiger charge is -2.31. The highest BCUT2D eigenvalue weighted by atomic mass is 16.5. The van der Waals surface area contributed by atoms with Gasteiger partial charge in [-0.25, -0.2) is 4.98 Å². The quantitative estimate of drug-likeness (QED) is 0.847. The maximum absolute atomic E-state index is 12.8. The second kappa shape index (κ2) is 6.82. The lowest BCUT2D eigenvalue weighted by molar-refractivity contribution is 0.0639. The third-order valence-corrected chi connectivity index (χ3v) is 5.30. The van der Waals surface area contributed by atoms with Gasteiger partial charge in [0.15, 0.2) is 0 Å². The van der Waals surface area contributed by atoms with Crippen molar-refractivity contribution in [2.75, 3.05) is 13.1 Å². The number of aromatic nitrogens is 3. The molecule has 2 aliphatic rings. The predicted molar refractivity (Wildman–Crippen MR) is 90.3 cm³/mol. The second-order valence-electron chi connectivity index (χ2n) is 6.95. The Bertz CT molecular complexity index is 818. The fourth-order valence-corrected chi connectivity index (χ4v) is 3.81. The number of hydrogen-bond donors (Lipinski definition) is 0. The van der Waals surface area contributed by atoms with Crippen LogP contribution in [0.1, 0.15) is 47.5 Å². The van der Waals surface area contributed by atoms with Gasteiger partial charge < -0.3 is 9.42 Å². The molecule has 0 saturated carbocycles. The van der Waals surface area contributed by atoms with E-state index in [0.29, 0.717) is 31.3 Å². The summed E-state index contributed by atoms with van der Waals surface area (Å²) in [4.78, 5) is 30.4. The standard InChI is InChI=1S/C18H22N4O3/c23-16-5-8-19-12-22(16)11-13-6-9-21(10-7-13)18(24)17-14-3-1-2-4-15(14)20-25-17/h5,8,12-13H,1-4,6-7,9-11H2. The lowest BCUT2D eigenvalue weighted by atomic mass is 9.94. The fourth-order valence-electron chi connectivity index (χ4n) is 3.81. The molecule has 0 radical (unpaired) electrons. The van der Waals surface area contributed by atoms with Crippen LogP contribution < -0.4 is 5.56 Å². The third kappa shape index (κ3) is 3.23. The molecule has 0 spiro atoms. The smallest absolute Gasteiger partial charge is 0.292 e. The number of nitrogens with zero attached hydrogens (tertiary/aromatic N) is 4. The summed E-state index contributed by atoms with van der Waals surface area (Å²) in [5.41, 5.74) is 1.95. The number of piperidine rings is 1. The van der Waals surface area contributed by atoms with Crippen LogP contribution in [0.15, 0.2) is 27.9 Å². The number of aryl methyl sites for hydroxylation is 1. The first kappa shape index (κ1) is 16.1. The van der Waals surface area contributed by atoms with Crippen LogP contribution in [0.2, 0.25) is 0 Å². The van der Waals surface area contributed by atoms with Crippen molar-refractivity contribution in [3.05, 3.63) is 46.0 Å². The molecule has 2 aromatic rings. The summed E-state index contributed by atoms with van der Waals surface area (Å²) < 4.78 is 7.02. The molecule has 1 aliphatic heterocycles. The Hall–Kier alpha value is -2.44. The minimum absolute atomic E-state index is 0.0261. The molecule has 0 bridgehead atoms. The molecule has 7 nitrogen and oxygen atoms in total. The largest absolute Gasteiger partial charge is 0.350 e. The molecular weight excluding hydrogens is 320 g/mol. The van der Waals surface area contributed by atoms with Crippen LogP contribution in [0, 0.1) is 5.92 Å². The van der Waals surface area contributed by atoms with E-state index in [0.717, 1.165) is 49.8 Å². The zero-order valence-electron chi connectivity index (χ0n) is 14.2. The zero-order chi connectivity index (χ0) is 17.2. The monoisotopic (exact) mass is 342 g/mol. The average molecular weight is 342 g/mol. The van der Waals surface area contributed by atoms with E-state index < -0.39 is 0 Å². The first-order chi connectivity index (χ1) is 12.2. The number of carbonyl (C=O) groups excluding carboxylic acids is 1. The van der Waals surface area contributed by atoms with Gasteiger partial charge in [0, 0.05) is 37.5 Å². The van der Waals surface area contributed by atoms with Crippen LogP contribution in [-0.4, -0.2) is 38.6 Å². The minimum Gasteiger partial charge on any atom is -0.350 e. The van der Waals surface area contributed by atoms with Crippen molar-refractivity contribution in [3.8, 4) is 0 Å². The SMILES string of the molecule is O=C(c1onc2c1CCCC2)N1CCC(Cn2cnccc2=O)CC1. The first-order valence-corrected chi connectivity index (χ1v) is 8.99. The van der Waals surface area contributed by atoms with Crippen LogP contribution >= 0.6 is 0 Å². The van der Waals surface area contributed by atoms with Gasteiger partial charge in [0.05, 0.1) is 12.0 Å². The number of rotatable bonds is 3. The van der Waals surface area contributed by atoms with Gasteiger partial charge in [-0.2, -0.15) is 0 Å². The van der Waals surface area contributed by atoms with Crippen molar-refractivity contribution < 1.29 is 9.32 Å². The molecule has 3 heterocycles. The van der Waals surface area contributed by atoms with Gasteiger partial charge in [-0.3, -0.25) is 14.2 Å². The first-order valence-electron chi connectivity index (χ1n) is 8.99. The van der Waals surface area contributed by atoms with E-state index in [4.69, 9.17) is 4.52 Å². The molecule has 1 saturated heterocycles. The van der Waals surface area contributed by atoms with E-state index in [-0.39, 0.29) is 11.5 Å². The van der Waals surface area contributed by atoms with Crippen LogP contribution in [-0.2, 0) is 19.4 Å². The summed E-state index contributed by atoms with van der Waals surface area (Å²) in [5, 5.41) is 4.09. The average Bonchev–Trinajstić information content (AvgIpc) is 3.08. The molecule has 2 aromatic heterocycles. The van der Waals surface area contributed by atoms with Crippen LogP contribution in [0.4, 0.5) is 0 Å². The number of likely N-dealkylation sites (tertiary alicyclic amines) is 1. The Morgan fingerprint density at radius 3 is 2.84 bits per heavy atom. The molecule has 0 unspecified atom stereocenters. The summed E-state index contributed by atoms with van der Waals surface area (Å²) in [6.45, 7) is 2.04. The molecule has 1 amide bonds. The van der Waals surface area contributed by atoms with Gasteiger partial charge in [0.25, 0.3) is 11.5 Å². The molecule has 0 aromatic carbocycles. The van der Waals surface area contributed by atoms with Gasteiger partial charge >= 0.3 is 0 Å². The van der Waals surface area contributed by atoms with E-state index in [2.05, 4.69) is 10.1 Å². The van der Waals surface area contributed by atoms with Crippen molar-refractivity contribution in [1.29, 1.82) is 0 Å². The highest BCUT2D eigenvalue weighted by Crippen LogP contribution is 2.26. The van der Waals surface area contributed by atoms with Gasteiger partial charge in [-0.1, -0.05) is 5.16 Å². The number of carbonyl (C=O) groups is 1. The molecular formula is C18H22N4O3. The van der Waals surface area contributed by atoms with E-state index >= 15 is 0 Å². The predicted octanol–water partition coefficient (Wildman–Crippen LogP) is 1.66. The maximum Gasteiger partial charge on any atom is 0.292 e. The normalized spacial score (nSPS) is 18.2. The summed E-state index contributed by atoms with van der Waals surface area (Å²) in [5.74, 6) is 0.791. The van der Waals surface area contributed by atoms with Crippen molar-refractivity contribution in [2.45, 2.75) is 45.1 Å². The molecule has 0 atom stereocenters. The second-order valence-corrected chi connectivity index (χ2v) is 6.95. The van der Waals surface area contributed by atoms with Gasteiger partial charge in [-0.15, -0.1) is 0 Å². The third-order valence-electron chi connectivity index (χ3n) is 5.30. The molecule has 0 N–H and O–H groups in total. The van der Waals surface area contributed by atoms with E-state index in [1.165, 1.54) is 12.3 Å². The summed E-state index contributed by atoms with van der Waals surface area (Å²) >= 11 is 0. The van der Waals surface area contributed by atoms with Crippen molar-refractivity contribution >= 4 is 5.91 Å². The Balaban J connectivity index is 1.39. The summed E-state index contributed by atoms with van der Waals surface area (Å²) in [7, 11) is 0. The number of amides is 1. The highest BCUT2D eigenvalue weighted by Gasteiger charge is 2.30. The van der Waals surface area contributed by atoms with Crippen LogP contribution in [0.3, 0.4) is 0 Å². The molecule has 4 rings (SSSR count). The molecule has 132 valence electrons. The van der Waals surface area contributed by atoms with Gasteiger partial charge in [0.2, 0.25) is 5.76 Å². The molecule has 25 heavy (non-hydrogen) atoms.